The van der Waals surface area contributed by atoms with Gasteiger partial charge in [0.25, 0.3) is 0 Å². The molecule has 20 heavy (non-hydrogen) atoms. The summed E-state index contributed by atoms with van der Waals surface area (Å²) in [6.07, 6.45) is 0. The van der Waals surface area contributed by atoms with Gasteiger partial charge in [-0.2, -0.15) is 0 Å². The number of hydrogen-bond acceptors (Lipinski definition) is 5. The molecule has 1 unspecified atom stereocenters. The predicted octanol–water partition coefficient (Wildman–Crippen LogP) is -0.0971. The van der Waals surface area contributed by atoms with Crippen LogP contribution in [-0.4, -0.2) is 76.5 Å². The largest absolute Gasteiger partial charge is 0.383 e. The second kappa shape index (κ2) is 13.9. The Morgan fingerprint density at radius 1 is 1.25 bits per heavy atom. The number of halogens is 2. The quantitative estimate of drug-likeness (QED) is 0.608. The minimum Gasteiger partial charge on any atom is -0.383 e. The van der Waals surface area contributed by atoms with Gasteiger partial charge in [-0.15, -0.1) is 24.8 Å². The van der Waals surface area contributed by atoms with Gasteiger partial charge >= 0.3 is 0 Å². The SMILES string of the molecule is COCCNCCNC(=O)C(C)N1CCOCC1.Cl.Cl. The molecule has 0 aromatic carbocycles. The highest BCUT2D eigenvalue weighted by molar-refractivity contribution is 5.85. The van der Waals surface area contributed by atoms with E-state index < -0.39 is 0 Å². The minimum atomic E-state index is -0.0760. The third-order valence-corrected chi connectivity index (χ3v) is 3.06. The fraction of sp³-hybridized carbons (Fsp3) is 0.917. The van der Waals surface area contributed by atoms with Crippen LogP contribution in [0.15, 0.2) is 0 Å². The summed E-state index contributed by atoms with van der Waals surface area (Å²) in [7, 11) is 1.67. The molecule has 8 heteroatoms. The maximum absolute atomic E-state index is 11.9. The molecule has 0 aliphatic carbocycles. The van der Waals surface area contributed by atoms with Gasteiger partial charge in [-0.1, -0.05) is 0 Å². The molecule has 0 bridgehead atoms. The number of hydrogen-bond donors (Lipinski definition) is 2. The van der Waals surface area contributed by atoms with Crippen molar-refractivity contribution in [2.75, 3.05) is 59.7 Å². The first-order chi connectivity index (χ1) is 8.75. The van der Waals surface area contributed by atoms with E-state index in [9.17, 15) is 4.79 Å². The molecule has 0 aromatic heterocycles. The van der Waals surface area contributed by atoms with E-state index in [1.807, 2.05) is 6.92 Å². The zero-order chi connectivity index (χ0) is 13.2. The Morgan fingerprint density at radius 2 is 1.90 bits per heavy atom. The normalized spacial score (nSPS) is 16.7. The standard InChI is InChI=1S/C12H25N3O3.2ClH/c1-11(15-6-9-18-10-7-15)12(16)14-4-3-13-5-8-17-2;;/h11,13H,3-10H2,1-2H3,(H,14,16);2*1H. The number of carbonyl (C=O) groups is 1. The maximum atomic E-state index is 11.9. The van der Waals surface area contributed by atoms with Crippen LogP contribution >= 0.6 is 24.8 Å². The van der Waals surface area contributed by atoms with Gasteiger partial charge in [0.05, 0.1) is 25.9 Å². The van der Waals surface area contributed by atoms with Crippen molar-refractivity contribution in [1.29, 1.82) is 0 Å². The van der Waals surface area contributed by atoms with Crippen LogP contribution < -0.4 is 10.6 Å². The number of methoxy groups -OCH3 is 1. The summed E-state index contributed by atoms with van der Waals surface area (Å²) in [5, 5.41) is 6.12. The highest BCUT2D eigenvalue weighted by Crippen LogP contribution is 2.03. The Balaban J connectivity index is 0. The number of nitrogens with one attached hydrogen (secondary N) is 2. The zero-order valence-corrected chi connectivity index (χ0v) is 13.9. The minimum absolute atomic E-state index is 0. The van der Waals surface area contributed by atoms with Crippen molar-refractivity contribution in [3.63, 3.8) is 0 Å². The van der Waals surface area contributed by atoms with Gasteiger partial charge in [-0.3, -0.25) is 9.69 Å². The van der Waals surface area contributed by atoms with Crippen molar-refractivity contribution in [1.82, 2.24) is 15.5 Å². The van der Waals surface area contributed by atoms with Gasteiger partial charge in [0, 0.05) is 39.8 Å². The third-order valence-electron chi connectivity index (χ3n) is 3.06. The van der Waals surface area contributed by atoms with E-state index >= 15 is 0 Å². The molecule has 0 radical (unpaired) electrons. The lowest BCUT2D eigenvalue weighted by Gasteiger charge is -2.31. The average Bonchev–Trinajstić information content (AvgIpc) is 2.42. The monoisotopic (exact) mass is 331 g/mol. The number of amides is 1. The first kappa shape index (κ1) is 22.2. The average molecular weight is 332 g/mol. The molecule has 0 aromatic rings. The van der Waals surface area contributed by atoms with Crippen LogP contribution in [0, 0.1) is 0 Å². The lowest BCUT2D eigenvalue weighted by atomic mass is 10.2. The number of rotatable bonds is 8. The number of carbonyl (C=O) groups excluding carboxylic acids is 1. The molecular weight excluding hydrogens is 305 g/mol. The lowest BCUT2D eigenvalue weighted by molar-refractivity contribution is -0.127. The van der Waals surface area contributed by atoms with Crippen LogP contribution in [-0.2, 0) is 14.3 Å². The highest BCUT2D eigenvalue weighted by Gasteiger charge is 2.22. The maximum Gasteiger partial charge on any atom is 0.237 e. The second-order valence-electron chi connectivity index (χ2n) is 4.36. The molecule has 2 N–H and O–H groups in total. The molecule has 1 aliphatic heterocycles. The van der Waals surface area contributed by atoms with Crippen molar-refractivity contribution < 1.29 is 14.3 Å². The summed E-state index contributed by atoms with van der Waals surface area (Å²) in [6, 6.07) is -0.0760. The van der Waals surface area contributed by atoms with Crippen molar-refractivity contribution in [2.24, 2.45) is 0 Å². The van der Waals surface area contributed by atoms with Crippen molar-refractivity contribution in [2.45, 2.75) is 13.0 Å². The Morgan fingerprint density at radius 3 is 2.50 bits per heavy atom. The van der Waals surface area contributed by atoms with Gasteiger partial charge in [-0.05, 0) is 6.92 Å². The summed E-state index contributed by atoms with van der Waals surface area (Å²) in [6.45, 7) is 7.97. The van der Waals surface area contributed by atoms with Gasteiger partial charge in [0.1, 0.15) is 0 Å². The van der Waals surface area contributed by atoms with Crippen LogP contribution in [0.4, 0.5) is 0 Å². The highest BCUT2D eigenvalue weighted by atomic mass is 35.5. The summed E-state index contributed by atoms with van der Waals surface area (Å²) >= 11 is 0. The fourth-order valence-corrected chi connectivity index (χ4v) is 1.85. The number of nitrogens with zero attached hydrogens (tertiary/aromatic N) is 1. The molecule has 1 atom stereocenters. The van der Waals surface area contributed by atoms with Crippen LogP contribution in [0.25, 0.3) is 0 Å². The molecule has 0 spiro atoms. The molecule has 1 aliphatic rings. The lowest BCUT2D eigenvalue weighted by Crippen LogP contribution is -2.50. The first-order valence-electron chi connectivity index (χ1n) is 6.55. The van der Waals surface area contributed by atoms with Gasteiger partial charge in [-0.25, -0.2) is 0 Å². The number of ether oxygens (including phenoxy) is 2. The molecule has 1 rings (SSSR count). The fourth-order valence-electron chi connectivity index (χ4n) is 1.85. The Labute approximate surface area is 133 Å². The molecule has 122 valence electrons. The van der Waals surface area contributed by atoms with E-state index in [0.717, 1.165) is 39.4 Å². The van der Waals surface area contributed by atoms with Crippen molar-refractivity contribution >= 4 is 30.7 Å². The van der Waals surface area contributed by atoms with Crippen LogP contribution in [0.5, 0.6) is 0 Å². The van der Waals surface area contributed by atoms with E-state index in [-0.39, 0.29) is 36.8 Å². The van der Waals surface area contributed by atoms with Crippen LogP contribution in [0.3, 0.4) is 0 Å². The summed E-state index contributed by atoms with van der Waals surface area (Å²) in [5.74, 6) is 0.0884. The Kier molecular flexibility index (Phi) is 15.4. The summed E-state index contributed by atoms with van der Waals surface area (Å²) in [4.78, 5) is 14.0. The molecule has 1 saturated heterocycles. The van der Waals surface area contributed by atoms with Crippen molar-refractivity contribution in [3.8, 4) is 0 Å². The van der Waals surface area contributed by atoms with E-state index in [0.29, 0.717) is 13.2 Å². The second-order valence-corrected chi connectivity index (χ2v) is 4.36. The van der Waals surface area contributed by atoms with Crippen molar-refractivity contribution in [3.05, 3.63) is 0 Å². The number of morpholine rings is 1. The molecule has 1 amide bonds. The predicted molar refractivity (Wildman–Crippen MR) is 84.1 cm³/mol. The molecule has 0 saturated carbocycles. The first-order valence-corrected chi connectivity index (χ1v) is 6.55. The Hall–Kier alpha value is -0.110. The molecule has 1 heterocycles. The van der Waals surface area contributed by atoms with Gasteiger partial charge in [0.2, 0.25) is 5.91 Å². The van der Waals surface area contributed by atoms with E-state index in [4.69, 9.17) is 9.47 Å². The van der Waals surface area contributed by atoms with Crippen LogP contribution in [0.1, 0.15) is 6.92 Å². The van der Waals surface area contributed by atoms with E-state index in [1.165, 1.54) is 0 Å². The molecule has 6 nitrogen and oxygen atoms in total. The Bertz CT molecular complexity index is 242. The topological polar surface area (TPSA) is 62.8 Å². The zero-order valence-electron chi connectivity index (χ0n) is 12.2. The van der Waals surface area contributed by atoms with E-state index in [1.54, 1.807) is 7.11 Å². The summed E-state index contributed by atoms with van der Waals surface area (Å²) in [5.41, 5.74) is 0. The van der Waals surface area contributed by atoms with Gasteiger partial charge in [0.15, 0.2) is 0 Å². The smallest absolute Gasteiger partial charge is 0.237 e. The summed E-state index contributed by atoms with van der Waals surface area (Å²) < 4.78 is 10.2. The molecular formula is C12H27Cl2N3O3. The third kappa shape index (κ3) is 8.94. The van der Waals surface area contributed by atoms with E-state index in [2.05, 4.69) is 15.5 Å². The van der Waals surface area contributed by atoms with Crippen LogP contribution in [0.2, 0.25) is 0 Å². The molecule has 1 fully saturated rings. The van der Waals surface area contributed by atoms with Gasteiger partial charge < -0.3 is 20.1 Å².